The van der Waals surface area contributed by atoms with Crippen molar-refractivity contribution in [3.05, 3.63) is 64.3 Å². The first-order valence-electron chi connectivity index (χ1n) is 9.09. The summed E-state index contributed by atoms with van der Waals surface area (Å²) in [6.45, 7) is 5.20. The number of carbonyl (C=O) groups is 1. The Kier molecular flexibility index (Phi) is 5.35. The maximum Gasteiger partial charge on any atom is 0.281 e. The molecule has 1 amide bonds. The minimum absolute atomic E-state index is 0.173. The van der Waals surface area contributed by atoms with Gasteiger partial charge < -0.3 is 15.0 Å². The van der Waals surface area contributed by atoms with Gasteiger partial charge in [-0.05, 0) is 66.7 Å². The standard InChI is InChI=1S/C21H20ClN3O2S/c1-14-12-16(22)4-7-19(14)25-20(26)18(23-21(25)28)13-15-2-5-17(6-3-15)24-8-10-27-11-9-24/h2-7,12-13H,8-11H2,1H3,(H,23,28)/b18-13+. The van der Waals surface area contributed by atoms with E-state index < -0.39 is 0 Å². The molecule has 0 unspecified atom stereocenters. The van der Waals surface area contributed by atoms with Gasteiger partial charge in [-0.25, -0.2) is 0 Å². The Balaban J connectivity index is 1.55. The molecule has 2 aromatic rings. The van der Waals surface area contributed by atoms with Crippen molar-refractivity contribution in [3.8, 4) is 0 Å². The summed E-state index contributed by atoms with van der Waals surface area (Å²) in [5, 5.41) is 4.02. The van der Waals surface area contributed by atoms with Crippen LogP contribution in [-0.4, -0.2) is 37.3 Å². The van der Waals surface area contributed by atoms with Crippen LogP contribution in [0.3, 0.4) is 0 Å². The number of amides is 1. The van der Waals surface area contributed by atoms with Crippen LogP contribution in [0.1, 0.15) is 11.1 Å². The van der Waals surface area contributed by atoms with Crippen LogP contribution in [-0.2, 0) is 9.53 Å². The highest BCUT2D eigenvalue weighted by Gasteiger charge is 2.32. The molecule has 4 rings (SSSR count). The highest BCUT2D eigenvalue weighted by Crippen LogP contribution is 2.28. The van der Waals surface area contributed by atoms with Gasteiger partial charge in [-0.2, -0.15) is 0 Å². The van der Waals surface area contributed by atoms with Crippen LogP contribution in [0.15, 0.2) is 48.2 Å². The van der Waals surface area contributed by atoms with Gasteiger partial charge in [-0.15, -0.1) is 0 Å². The number of rotatable bonds is 3. The molecule has 2 aliphatic heterocycles. The van der Waals surface area contributed by atoms with Crippen LogP contribution >= 0.6 is 23.8 Å². The monoisotopic (exact) mass is 413 g/mol. The number of aryl methyl sites for hydroxylation is 1. The Morgan fingerprint density at radius 2 is 1.86 bits per heavy atom. The number of ether oxygens (including phenoxy) is 1. The van der Waals surface area contributed by atoms with Gasteiger partial charge >= 0.3 is 0 Å². The summed E-state index contributed by atoms with van der Waals surface area (Å²) in [5.74, 6) is -0.173. The lowest BCUT2D eigenvalue weighted by molar-refractivity contribution is -0.113. The van der Waals surface area contributed by atoms with E-state index in [2.05, 4.69) is 22.3 Å². The number of anilines is 2. The third-order valence-electron chi connectivity index (χ3n) is 4.86. The van der Waals surface area contributed by atoms with E-state index in [0.717, 1.165) is 48.8 Å². The summed E-state index contributed by atoms with van der Waals surface area (Å²) in [7, 11) is 0. The molecule has 2 aliphatic rings. The molecule has 144 valence electrons. The van der Waals surface area contributed by atoms with E-state index in [4.69, 9.17) is 28.6 Å². The van der Waals surface area contributed by atoms with Gasteiger partial charge in [0.15, 0.2) is 5.11 Å². The second-order valence-electron chi connectivity index (χ2n) is 6.75. The average Bonchev–Trinajstić information content (AvgIpc) is 2.97. The summed E-state index contributed by atoms with van der Waals surface area (Å²) in [4.78, 5) is 16.7. The number of carbonyl (C=O) groups excluding carboxylic acids is 1. The van der Waals surface area contributed by atoms with Crippen molar-refractivity contribution >= 4 is 52.3 Å². The van der Waals surface area contributed by atoms with Crippen LogP contribution in [0.4, 0.5) is 11.4 Å². The number of thiocarbonyl (C=S) groups is 1. The van der Waals surface area contributed by atoms with Gasteiger partial charge in [0, 0.05) is 23.8 Å². The topological polar surface area (TPSA) is 44.8 Å². The number of hydrogen-bond donors (Lipinski definition) is 1. The van der Waals surface area contributed by atoms with Gasteiger partial charge in [-0.3, -0.25) is 9.69 Å². The quantitative estimate of drug-likeness (QED) is 0.613. The van der Waals surface area contributed by atoms with Crippen LogP contribution in [0.5, 0.6) is 0 Å². The van der Waals surface area contributed by atoms with E-state index >= 15 is 0 Å². The average molecular weight is 414 g/mol. The van der Waals surface area contributed by atoms with E-state index in [0.29, 0.717) is 15.8 Å². The number of benzene rings is 2. The van der Waals surface area contributed by atoms with E-state index in [1.54, 1.807) is 6.07 Å². The SMILES string of the molecule is Cc1cc(Cl)ccc1N1C(=O)/C(=C\c2ccc(N3CCOCC3)cc2)NC1=S. The molecule has 5 nitrogen and oxygen atoms in total. The highest BCUT2D eigenvalue weighted by molar-refractivity contribution is 7.80. The second-order valence-corrected chi connectivity index (χ2v) is 7.57. The molecule has 1 N–H and O–H groups in total. The van der Waals surface area contributed by atoms with Gasteiger partial charge in [-0.1, -0.05) is 23.7 Å². The minimum Gasteiger partial charge on any atom is -0.378 e. The summed E-state index contributed by atoms with van der Waals surface area (Å²) in [5.41, 5.74) is 4.17. The fraction of sp³-hybridized carbons (Fsp3) is 0.238. The Bertz CT molecular complexity index is 953. The molecule has 0 saturated carbocycles. The fourth-order valence-electron chi connectivity index (χ4n) is 3.39. The Labute approximate surface area is 174 Å². The molecule has 28 heavy (non-hydrogen) atoms. The third-order valence-corrected chi connectivity index (χ3v) is 5.38. The zero-order valence-electron chi connectivity index (χ0n) is 15.4. The van der Waals surface area contributed by atoms with Crippen molar-refractivity contribution in [1.82, 2.24) is 5.32 Å². The van der Waals surface area contributed by atoms with Crippen LogP contribution in [0.2, 0.25) is 5.02 Å². The number of nitrogens with zero attached hydrogens (tertiary/aromatic N) is 2. The predicted molar refractivity (Wildman–Crippen MR) is 117 cm³/mol. The number of halogens is 1. The summed E-state index contributed by atoms with van der Waals surface area (Å²) < 4.78 is 5.40. The maximum absolute atomic E-state index is 12.9. The largest absolute Gasteiger partial charge is 0.378 e. The van der Waals surface area contributed by atoms with E-state index in [1.165, 1.54) is 4.90 Å². The zero-order valence-corrected chi connectivity index (χ0v) is 17.0. The Morgan fingerprint density at radius 1 is 1.14 bits per heavy atom. The molecule has 0 bridgehead atoms. The van der Waals surface area contributed by atoms with Gasteiger partial charge in [0.25, 0.3) is 5.91 Å². The lowest BCUT2D eigenvalue weighted by Gasteiger charge is -2.28. The Hall–Kier alpha value is -2.41. The first-order chi connectivity index (χ1) is 13.5. The summed E-state index contributed by atoms with van der Waals surface area (Å²) in [6, 6.07) is 13.5. The zero-order chi connectivity index (χ0) is 19.7. The first-order valence-corrected chi connectivity index (χ1v) is 9.87. The van der Waals surface area contributed by atoms with Crippen LogP contribution in [0.25, 0.3) is 6.08 Å². The molecule has 0 aliphatic carbocycles. The first kappa shape index (κ1) is 18.9. The van der Waals surface area contributed by atoms with Crippen molar-refractivity contribution in [2.75, 3.05) is 36.1 Å². The lowest BCUT2D eigenvalue weighted by Crippen LogP contribution is -2.36. The smallest absolute Gasteiger partial charge is 0.281 e. The molecular formula is C21H20ClN3O2S. The van der Waals surface area contributed by atoms with Crippen LogP contribution < -0.4 is 15.1 Å². The van der Waals surface area contributed by atoms with Crippen molar-refractivity contribution in [2.24, 2.45) is 0 Å². The Morgan fingerprint density at radius 3 is 2.54 bits per heavy atom. The molecule has 0 spiro atoms. The molecule has 2 fully saturated rings. The molecule has 2 heterocycles. The molecular weight excluding hydrogens is 394 g/mol. The summed E-state index contributed by atoms with van der Waals surface area (Å²) >= 11 is 11.4. The lowest BCUT2D eigenvalue weighted by atomic mass is 10.1. The van der Waals surface area contributed by atoms with Crippen LogP contribution in [0, 0.1) is 6.92 Å². The molecule has 2 aromatic carbocycles. The van der Waals surface area contributed by atoms with Crippen molar-refractivity contribution < 1.29 is 9.53 Å². The highest BCUT2D eigenvalue weighted by atomic mass is 35.5. The molecule has 2 saturated heterocycles. The van der Waals surface area contributed by atoms with Gasteiger partial charge in [0.1, 0.15) is 5.70 Å². The fourth-order valence-corrected chi connectivity index (χ4v) is 3.91. The summed E-state index contributed by atoms with van der Waals surface area (Å²) in [6.07, 6.45) is 1.82. The minimum atomic E-state index is -0.173. The van der Waals surface area contributed by atoms with E-state index in [1.807, 2.05) is 37.3 Å². The normalized spacial score (nSPS) is 18.7. The second kappa shape index (κ2) is 7.91. The van der Waals surface area contributed by atoms with Crippen molar-refractivity contribution in [1.29, 1.82) is 0 Å². The molecule has 0 radical (unpaired) electrons. The third kappa shape index (κ3) is 3.76. The van der Waals surface area contributed by atoms with Gasteiger partial charge in [0.05, 0.1) is 18.9 Å². The van der Waals surface area contributed by atoms with E-state index in [9.17, 15) is 4.79 Å². The molecule has 7 heteroatoms. The predicted octanol–water partition coefficient (Wildman–Crippen LogP) is 3.75. The van der Waals surface area contributed by atoms with Gasteiger partial charge in [0.2, 0.25) is 0 Å². The molecule has 0 aromatic heterocycles. The van der Waals surface area contributed by atoms with Crippen molar-refractivity contribution in [3.63, 3.8) is 0 Å². The molecule has 0 atom stereocenters. The number of nitrogens with one attached hydrogen (secondary N) is 1. The maximum atomic E-state index is 12.9. The van der Waals surface area contributed by atoms with Crippen molar-refractivity contribution in [2.45, 2.75) is 6.92 Å². The number of morpholine rings is 1. The number of hydrogen-bond acceptors (Lipinski definition) is 4. The van der Waals surface area contributed by atoms with E-state index in [-0.39, 0.29) is 5.91 Å².